The Hall–Kier alpha value is -2.13. The second kappa shape index (κ2) is 5.98. The molecule has 2 N–H and O–H groups in total. The minimum Gasteiger partial charge on any atom is -0.388 e. The molecule has 0 aromatic heterocycles. The molecule has 0 unspecified atom stereocenters. The van der Waals surface area contributed by atoms with Crippen molar-refractivity contribution in [2.45, 2.75) is 12.5 Å². The summed E-state index contributed by atoms with van der Waals surface area (Å²) < 4.78 is 0. The Morgan fingerprint density at radius 2 is 1.56 bits per heavy atom. The van der Waals surface area contributed by atoms with Gasteiger partial charge in [0.2, 0.25) is 5.91 Å². The van der Waals surface area contributed by atoms with Gasteiger partial charge >= 0.3 is 0 Å². The first-order chi connectivity index (χ1) is 8.75. The fourth-order valence-electron chi connectivity index (χ4n) is 1.70. The molecule has 0 bridgehead atoms. The Morgan fingerprint density at radius 3 is 2.17 bits per heavy atom. The maximum absolute atomic E-state index is 11.7. The number of anilines is 1. The lowest BCUT2D eigenvalue weighted by Gasteiger charge is -2.11. The number of rotatable bonds is 4. The van der Waals surface area contributed by atoms with E-state index in [0.717, 1.165) is 11.3 Å². The lowest BCUT2D eigenvalue weighted by molar-refractivity contribution is -0.118. The zero-order valence-electron chi connectivity index (χ0n) is 9.91. The van der Waals surface area contributed by atoms with Gasteiger partial charge in [0.1, 0.15) is 0 Å². The molecule has 0 aliphatic heterocycles. The number of para-hydroxylation sites is 1. The van der Waals surface area contributed by atoms with Crippen molar-refractivity contribution in [2.75, 3.05) is 5.32 Å². The molecular weight excluding hydrogens is 226 g/mol. The van der Waals surface area contributed by atoms with Crippen molar-refractivity contribution in [3.05, 3.63) is 66.2 Å². The van der Waals surface area contributed by atoms with Crippen LogP contribution in [0.2, 0.25) is 0 Å². The molecule has 0 radical (unpaired) electrons. The zero-order chi connectivity index (χ0) is 12.8. The maximum Gasteiger partial charge on any atom is 0.227 e. The van der Waals surface area contributed by atoms with Crippen molar-refractivity contribution < 1.29 is 9.90 Å². The van der Waals surface area contributed by atoms with Gasteiger partial charge < -0.3 is 10.4 Å². The van der Waals surface area contributed by atoms with Gasteiger partial charge in [0, 0.05) is 5.69 Å². The summed E-state index contributed by atoms with van der Waals surface area (Å²) in [6.07, 6.45) is -0.714. The van der Waals surface area contributed by atoms with Crippen molar-refractivity contribution in [1.82, 2.24) is 0 Å². The first-order valence-electron chi connectivity index (χ1n) is 5.83. The predicted molar refractivity (Wildman–Crippen MR) is 71.1 cm³/mol. The van der Waals surface area contributed by atoms with Gasteiger partial charge in [0.25, 0.3) is 0 Å². The number of carbonyl (C=O) groups is 1. The van der Waals surface area contributed by atoms with Crippen LogP contribution in [-0.4, -0.2) is 11.0 Å². The molecule has 0 saturated heterocycles. The number of carbonyl (C=O) groups excluding carboxylic acids is 1. The fraction of sp³-hybridized carbons (Fsp3) is 0.133. The molecule has 3 heteroatoms. The molecule has 2 aromatic carbocycles. The molecule has 1 atom stereocenters. The Kier molecular flexibility index (Phi) is 4.10. The van der Waals surface area contributed by atoms with Gasteiger partial charge in [-0.15, -0.1) is 0 Å². The van der Waals surface area contributed by atoms with E-state index in [9.17, 15) is 9.90 Å². The van der Waals surface area contributed by atoms with Crippen LogP contribution in [0.3, 0.4) is 0 Å². The fourth-order valence-corrected chi connectivity index (χ4v) is 1.70. The molecule has 0 fully saturated rings. The molecule has 1 amide bonds. The van der Waals surface area contributed by atoms with Crippen LogP contribution in [0.1, 0.15) is 18.1 Å². The minimum absolute atomic E-state index is 0.0545. The summed E-state index contributed by atoms with van der Waals surface area (Å²) in [4.78, 5) is 11.7. The molecule has 0 saturated carbocycles. The van der Waals surface area contributed by atoms with Crippen molar-refractivity contribution in [1.29, 1.82) is 0 Å². The molecule has 2 rings (SSSR count). The van der Waals surface area contributed by atoms with Crippen LogP contribution in [0, 0.1) is 0 Å². The standard InChI is InChI=1S/C15H15NO2/c17-14(12-7-3-1-4-8-12)11-15(18)16-13-9-5-2-6-10-13/h1-10,14,17H,11H2,(H,16,18)/t14-/m1/s1. The number of benzene rings is 2. The van der Waals surface area contributed by atoms with E-state index >= 15 is 0 Å². The van der Waals surface area contributed by atoms with E-state index in [4.69, 9.17) is 0 Å². The molecule has 0 aliphatic carbocycles. The lowest BCUT2D eigenvalue weighted by atomic mass is 10.1. The third-order valence-corrected chi connectivity index (χ3v) is 2.62. The number of hydrogen-bond acceptors (Lipinski definition) is 2. The Labute approximate surface area is 106 Å². The van der Waals surface area contributed by atoms with E-state index in [1.165, 1.54) is 0 Å². The summed E-state index contributed by atoms with van der Waals surface area (Å²) >= 11 is 0. The van der Waals surface area contributed by atoms with Crippen LogP contribution in [0.25, 0.3) is 0 Å². The van der Waals surface area contributed by atoms with E-state index in [1.807, 2.05) is 48.5 Å². The average Bonchev–Trinajstić information content (AvgIpc) is 2.40. The van der Waals surface area contributed by atoms with Gasteiger partial charge in [-0.2, -0.15) is 0 Å². The SMILES string of the molecule is O=C(C[C@@H](O)c1ccccc1)Nc1ccccc1. The zero-order valence-corrected chi connectivity index (χ0v) is 9.91. The second-order valence-corrected chi connectivity index (χ2v) is 4.04. The molecule has 0 aliphatic rings. The van der Waals surface area contributed by atoms with E-state index in [-0.39, 0.29) is 12.3 Å². The highest BCUT2D eigenvalue weighted by molar-refractivity contribution is 5.91. The van der Waals surface area contributed by atoms with Crippen LogP contribution in [0.15, 0.2) is 60.7 Å². The summed E-state index contributed by atoms with van der Waals surface area (Å²) in [5.41, 5.74) is 1.49. The Bertz CT molecular complexity index is 496. The van der Waals surface area contributed by atoms with Gasteiger partial charge in [-0.05, 0) is 17.7 Å². The Morgan fingerprint density at radius 1 is 1.00 bits per heavy atom. The van der Waals surface area contributed by atoms with Gasteiger partial charge in [0.05, 0.1) is 12.5 Å². The maximum atomic E-state index is 11.7. The normalized spacial score (nSPS) is 11.8. The number of amides is 1. The van der Waals surface area contributed by atoms with Gasteiger partial charge in [-0.25, -0.2) is 0 Å². The highest BCUT2D eigenvalue weighted by Crippen LogP contribution is 2.17. The monoisotopic (exact) mass is 241 g/mol. The van der Waals surface area contributed by atoms with Crippen molar-refractivity contribution >= 4 is 11.6 Å². The second-order valence-electron chi connectivity index (χ2n) is 4.04. The number of aliphatic hydroxyl groups excluding tert-OH is 1. The van der Waals surface area contributed by atoms with Gasteiger partial charge in [-0.3, -0.25) is 4.79 Å². The van der Waals surface area contributed by atoms with Crippen molar-refractivity contribution in [3.8, 4) is 0 Å². The average molecular weight is 241 g/mol. The first-order valence-corrected chi connectivity index (χ1v) is 5.83. The topological polar surface area (TPSA) is 49.3 Å². The first kappa shape index (κ1) is 12.3. The third-order valence-electron chi connectivity index (χ3n) is 2.62. The van der Waals surface area contributed by atoms with Crippen LogP contribution in [0.4, 0.5) is 5.69 Å². The number of hydrogen-bond donors (Lipinski definition) is 2. The van der Waals surface area contributed by atoms with E-state index in [0.29, 0.717) is 0 Å². The van der Waals surface area contributed by atoms with E-state index < -0.39 is 6.10 Å². The van der Waals surface area contributed by atoms with Crippen molar-refractivity contribution in [3.63, 3.8) is 0 Å². The highest BCUT2D eigenvalue weighted by Gasteiger charge is 2.12. The van der Waals surface area contributed by atoms with E-state index in [1.54, 1.807) is 12.1 Å². The highest BCUT2D eigenvalue weighted by atomic mass is 16.3. The van der Waals surface area contributed by atoms with Gasteiger partial charge in [-0.1, -0.05) is 48.5 Å². The molecule has 18 heavy (non-hydrogen) atoms. The molecule has 0 spiro atoms. The molecule has 2 aromatic rings. The number of nitrogens with one attached hydrogen (secondary N) is 1. The summed E-state index contributed by atoms with van der Waals surface area (Å²) in [5.74, 6) is -0.197. The summed E-state index contributed by atoms with van der Waals surface area (Å²) in [7, 11) is 0. The quantitative estimate of drug-likeness (QED) is 0.864. The van der Waals surface area contributed by atoms with Crippen LogP contribution in [0.5, 0.6) is 0 Å². The van der Waals surface area contributed by atoms with E-state index in [2.05, 4.69) is 5.32 Å². The molecule has 92 valence electrons. The van der Waals surface area contributed by atoms with Crippen molar-refractivity contribution in [2.24, 2.45) is 0 Å². The van der Waals surface area contributed by atoms with Crippen LogP contribution >= 0.6 is 0 Å². The molecule has 3 nitrogen and oxygen atoms in total. The minimum atomic E-state index is -0.769. The lowest BCUT2D eigenvalue weighted by Crippen LogP contribution is -2.15. The van der Waals surface area contributed by atoms with Gasteiger partial charge in [0.15, 0.2) is 0 Å². The summed E-state index contributed by atoms with van der Waals surface area (Å²) in [5, 5.41) is 12.7. The largest absolute Gasteiger partial charge is 0.388 e. The van der Waals surface area contributed by atoms with Crippen LogP contribution in [-0.2, 0) is 4.79 Å². The third kappa shape index (κ3) is 3.43. The Balaban J connectivity index is 1.92. The molecular formula is C15H15NO2. The summed E-state index contributed by atoms with van der Waals surface area (Å²) in [6.45, 7) is 0. The molecule has 0 heterocycles. The summed E-state index contributed by atoms with van der Waals surface area (Å²) in [6, 6.07) is 18.4. The predicted octanol–water partition coefficient (Wildman–Crippen LogP) is 2.75. The smallest absolute Gasteiger partial charge is 0.227 e. The van der Waals surface area contributed by atoms with Crippen LogP contribution < -0.4 is 5.32 Å². The number of aliphatic hydroxyl groups is 1.